The number of nitrogens with one attached hydrogen (secondary N) is 1. The molecule has 8 heteroatoms. The highest BCUT2D eigenvalue weighted by molar-refractivity contribution is 7.99. The van der Waals surface area contributed by atoms with Gasteiger partial charge in [0.25, 0.3) is 0 Å². The number of aryl methyl sites for hydroxylation is 1. The molecule has 3 aromatic rings. The summed E-state index contributed by atoms with van der Waals surface area (Å²) in [7, 11) is 0. The second-order valence-electron chi connectivity index (χ2n) is 6.97. The number of aromatic nitrogens is 3. The summed E-state index contributed by atoms with van der Waals surface area (Å²) in [4.78, 5) is 16.5. The summed E-state index contributed by atoms with van der Waals surface area (Å²) >= 11 is 3.47. The van der Waals surface area contributed by atoms with Crippen LogP contribution in [-0.4, -0.2) is 46.9 Å². The van der Waals surface area contributed by atoms with Crippen molar-refractivity contribution >= 4 is 39.1 Å². The Kier molecular flexibility index (Phi) is 6.39. The van der Waals surface area contributed by atoms with E-state index in [2.05, 4.69) is 36.8 Å². The van der Waals surface area contributed by atoms with Gasteiger partial charge in [-0.1, -0.05) is 0 Å². The summed E-state index contributed by atoms with van der Waals surface area (Å²) in [6.45, 7) is 2.90. The zero-order valence-electron chi connectivity index (χ0n) is 15.9. The Balaban J connectivity index is 1.27. The van der Waals surface area contributed by atoms with Crippen LogP contribution >= 0.6 is 23.1 Å². The van der Waals surface area contributed by atoms with Gasteiger partial charge < -0.3 is 10.2 Å². The van der Waals surface area contributed by atoms with E-state index in [-0.39, 0.29) is 5.82 Å². The molecule has 0 atom stereocenters. The van der Waals surface area contributed by atoms with Crippen molar-refractivity contribution in [1.29, 1.82) is 0 Å². The molecule has 1 fully saturated rings. The highest BCUT2D eigenvalue weighted by atomic mass is 32.2. The molecule has 0 saturated carbocycles. The van der Waals surface area contributed by atoms with Gasteiger partial charge in [0.15, 0.2) is 0 Å². The maximum atomic E-state index is 13.6. The van der Waals surface area contributed by atoms with E-state index in [1.807, 2.05) is 0 Å². The summed E-state index contributed by atoms with van der Waals surface area (Å²) in [6.07, 6.45) is 10.6. The monoisotopic (exact) mass is 417 g/mol. The van der Waals surface area contributed by atoms with E-state index in [0.29, 0.717) is 6.04 Å². The van der Waals surface area contributed by atoms with Gasteiger partial charge in [-0.05, 0) is 50.1 Å². The number of piperidine rings is 1. The van der Waals surface area contributed by atoms with Crippen molar-refractivity contribution in [3.05, 3.63) is 41.5 Å². The highest BCUT2D eigenvalue weighted by Crippen LogP contribution is 2.36. The van der Waals surface area contributed by atoms with Crippen molar-refractivity contribution < 1.29 is 4.39 Å². The number of thiophene rings is 1. The molecule has 4 rings (SSSR count). The molecular weight excluding hydrogens is 393 g/mol. The third-order valence-electron chi connectivity index (χ3n) is 5.23. The Morgan fingerprint density at radius 3 is 2.96 bits per heavy atom. The lowest BCUT2D eigenvalue weighted by molar-refractivity contribution is 0.411. The Bertz CT molecular complexity index is 924. The molecule has 1 aliphatic heterocycles. The maximum Gasteiger partial charge on any atom is 0.150 e. The summed E-state index contributed by atoms with van der Waals surface area (Å²) in [5.41, 5.74) is 1.83. The van der Waals surface area contributed by atoms with Crippen LogP contribution in [0.1, 0.15) is 24.8 Å². The van der Waals surface area contributed by atoms with Crippen molar-refractivity contribution in [2.75, 3.05) is 30.8 Å². The smallest absolute Gasteiger partial charge is 0.150 e. The average Bonchev–Trinajstić information content (AvgIpc) is 3.16. The molecule has 3 aromatic heterocycles. The van der Waals surface area contributed by atoms with Gasteiger partial charge in [0.05, 0.1) is 10.9 Å². The fourth-order valence-corrected chi connectivity index (χ4v) is 5.51. The number of hydrogen-bond donors (Lipinski definition) is 1. The Morgan fingerprint density at radius 2 is 2.18 bits per heavy atom. The lowest BCUT2D eigenvalue weighted by Gasteiger charge is -2.33. The number of nitrogens with zero attached hydrogens (tertiary/aromatic N) is 4. The van der Waals surface area contributed by atoms with Crippen LogP contribution in [0.2, 0.25) is 0 Å². The van der Waals surface area contributed by atoms with Gasteiger partial charge in [-0.3, -0.25) is 4.98 Å². The minimum Gasteiger partial charge on any atom is -0.355 e. The first kappa shape index (κ1) is 19.5. The predicted molar refractivity (Wildman–Crippen MR) is 115 cm³/mol. The van der Waals surface area contributed by atoms with Crippen molar-refractivity contribution in [3.8, 4) is 0 Å². The molecule has 0 spiro atoms. The fourth-order valence-electron chi connectivity index (χ4n) is 3.67. The van der Waals surface area contributed by atoms with E-state index in [4.69, 9.17) is 0 Å². The molecule has 1 saturated heterocycles. The van der Waals surface area contributed by atoms with Gasteiger partial charge in [0.1, 0.15) is 23.5 Å². The van der Waals surface area contributed by atoms with Gasteiger partial charge in [-0.2, -0.15) is 0 Å². The number of fused-ring (bicyclic) bond motifs is 1. The van der Waals surface area contributed by atoms with Crippen LogP contribution in [0.25, 0.3) is 10.2 Å². The predicted octanol–water partition coefficient (Wildman–Crippen LogP) is 4.14. The van der Waals surface area contributed by atoms with Crippen molar-refractivity contribution in [2.24, 2.45) is 0 Å². The third kappa shape index (κ3) is 4.29. The topological polar surface area (TPSA) is 53.9 Å². The molecule has 0 aromatic carbocycles. The second-order valence-corrected chi connectivity index (χ2v) is 8.69. The molecule has 4 heterocycles. The summed E-state index contributed by atoms with van der Waals surface area (Å²) in [6, 6.07) is 2.28. The fraction of sp³-hybridized carbons (Fsp3) is 0.450. The molecule has 1 N–H and O–H groups in total. The van der Waals surface area contributed by atoms with Crippen molar-refractivity contribution in [3.63, 3.8) is 0 Å². The molecule has 28 heavy (non-hydrogen) atoms. The van der Waals surface area contributed by atoms with Crippen molar-refractivity contribution in [1.82, 2.24) is 20.3 Å². The zero-order chi connectivity index (χ0) is 19.3. The molecule has 0 aliphatic carbocycles. The first-order chi connectivity index (χ1) is 13.8. The molecule has 0 amide bonds. The molecular formula is C20H24FN5S2. The van der Waals surface area contributed by atoms with Gasteiger partial charge in [-0.15, -0.1) is 23.1 Å². The number of pyridine rings is 1. The molecule has 0 bridgehead atoms. The van der Waals surface area contributed by atoms with Crippen LogP contribution in [0, 0.1) is 5.82 Å². The molecule has 5 nitrogen and oxygen atoms in total. The van der Waals surface area contributed by atoms with E-state index in [1.165, 1.54) is 15.8 Å². The van der Waals surface area contributed by atoms with E-state index >= 15 is 0 Å². The summed E-state index contributed by atoms with van der Waals surface area (Å²) in [5, 5.41) is 5.81. The minimum absolute atomic E-state index is 0.204. The third-order valence-corrected chi connectivity index (χ3v) is 7.09. The molecule has 148 valence electrons. The highest BCUT2D eigenvalue weighted by Gasteiger charge is 2.22. The van der Waals surface area contributed by atoms with Gasteiger partial charge in [-0.25, -0.2) is 14.4 Å². The van der Waals surface area contributed by atoms with E-state index in [0.717, 1.165) is 62.2 Å². The maximum absolute atomic E-state index is 13.6. The van der Waals surface area contributed by atoms with E-state index in [1.54, 1.807) is 41.7 Å². The lowest BCUT2D eigenvalue weighted by atomic mass is 10.0. The average molecular weight is 418 g/mol. The van der Waals surface area contributed by atoms with Crippen LogP contribution in [0.4, 0.5) is 10.2 Å². The van der Waals surface area contributed by atoms with Crippen LogP contribution in [0.3, 0.4) is 0 Å². The Labute approximate surface area is 172 Å². The summed E-state index contributed by atoms with van der Waals surface area (Å²) < 4.78 is 14.8. The Morgan fingerprint density at radius 1 is 1.32 bits per heavy atom. The normalized spacial score (nSPS) is 15.4. The first-order valence-corrected chi connectivity index (χ1v) is 11.7. The summed E-state index contributed by atoms with van der Waals surface area (Å²) in [5.74, 6) is 0.868. The van der Waals surface area contributed by atoms with Crippen LogP contribution in [-0.2, 0) is 6.42 Å². The first-order valence-electron chi connectivity index (χ1n) is 9.59. The van der Waals surface area contributed by atoms with Gasteiger partial charge >= 0.3 is 0 Å². The second kappa shape index (κ2) is 9.15. The van der Waals surface area contributed by atoms with Crippen LogP contribution in [0.5, 0.6) is 0 Å². The zero-order valence-corrected chi connectivity index (χ0v) is 17.5. The molecule has 0 unspecified atom stereocenters. The SMILES string of the molecule is CSc1csc2c(N3CCC(NCCCc4ccncc4F)CC3)ncnc12. The largest absolute Gasteiger partial charge is 0.355 e. The van der Waals surface area contributed by atoms with Crippen LogP contribution in [0.15, 0.2) is 35.1 Å². The molecule has 1 aliphatic rings. The van der Waals surface area contributed by atoms with Crippen molar-refractivity contribution in [2.45, 2.75) is 36.6 Å². The molecule has 0 radical (unpaired) electrons. The van der Waals surface area contributed by atoms with E-state index < -0.39 is 0 Å². The number of halogens is 1. The standard InChI is InChI=1S/C20H24FN5S2/c1-27-17-12-28-19-18(17)24-13-25-20(19)26-9-5-15(6-10-26)23-7-2-3-14-4-8-22-11-16(14)21/h4,8,11-13,15,23H,2-3,5-7,9-10H2,1H3. The quantitative estimate of drug-likeness (QED) is 0.461. The Hall–Kier alpha value is -1.77. The van der Waals surface area contributed by atoms with Gasteiger partial charge in [0.2, 0.25) is 0 Å². The van der Waals surface area contributed by atoms with Crippen LogP contribution < -0.4 is 10.2 Å². The van der Waals surface area contributed by atoms with E-state index in [9.17, 15) is 4.39 Å². The number of rotatable bonds is 7. The minimum atomic E-state index is -0.204. The number of hydrogen-bond acceptors (Lipinski definition) is 7. The lowest BCUT2D eigenvalue weighted by Crippen LogP contribution is -2.43. The number of thioether (sulfide) groups is 1. The van der Waals surface area contributed by atoms with Gasteiger partial charge in [0, 0.05) is 35.6 Å². The number of anilines is 1.